The summed E-state index contributed by atoms with van der Waals surface area (Å²) in [7, 11) is -1.99. The molecule has 1 aliphatic heterocycles. The van der Waals surface area contributed by atoms with E-state index < -0.39 is 27.5 Å². The number of esters is 1. The molecule has 1 aliphatic rings. The Morgan fingerprint density at radius 2 is 1.77 bits per heavy atom. The molecule has 1 heterocycles. The van der Waals surface area contributed by atoms with Gasteiger partial charge in [0, 0.05) is 29.6 Å². The van der Waals surface area contributed by atoms with Crippen LogP contribution in [0.3, 0.4) is 0 Å². The zero-order chi connectivity index (χ0) is 29.7. The number of amidine groups is 1. The van der Waals surface area contributed by atoms with E-state index in [1.54, 1.807) is 24.3 Å². The number of hydrogen-bond donors (Lipinski definition) is 3. The van der Waals surface area contributed by atoms with Gasteiger partial charge in [-0.3, -0.25) is 23.1 Å². The normalized spacial score (nSPS) is 17.5. The van der Waals surface area contributed by atoms with Crippen LogP contribution in [0.1, 0.15) is 29.3 Å². The van der Waals surface area contributed by atoms with Gasteiger partial charge in [-0.05, 0) is 36.8 Å². The number of rotatable bonds is 10. The highest BCUT2D eigenvalue weighted by Crippen LogP contribution is 2.33. The minimum absolute atomic E-state index is 0.0907. The van der Waals surface area contributed by atoms with Gasteiger partial charge in [-0.1, -0.05) is 53.9 Å². The van der Waals surface area contributed by atoms with Gasteiger partial charge >= 0.3 is 16.4 Å². The van der Waals surface area contributed by atoms with Crippen LogP contribution in [0.4, 0.5) is 0 Å². The summed E-state index contributed by atoms with van der Waals surface area (Å²) in [6.45, 7) is 2.61. The smallest absolute Gasteiger partial charge is 0.397 e. The molecule has 1 saturated heterocycles. The fourth-order valence-corrected chi connectivity index (χ4v) is 5.05. The maximum absolute atomic E-state index is 12.9. The number of hydrogen-bond acceptors (Lipinski definition) is 10. The fourth-order valence-electron chi connectivity index (χ4n) is 3.36. The van der Waals surface area contributed by atoms with Gasteiger partial charge in [0.2, 0.25) is 5.91 Å². The second-order valence-corrected chi connectivity index (χ2v) is 11.3. The molecule has 0 spiro atoms. The first-order valence-electron chi connectivity index (χ1n) is 11.7. The van der Waals surface area contributed by atoms with E-state index in [9.17, 15) is 22.8 Å². The Hall–Kier alpha value is -3.24. The third-order valence-electron chi connectivity index (χ3n) is 5.42. The first kappa shape index (κ1) is 33.0. The first-order chi connectivity index (χ1) is 19.0. The number of amides is 2. The summed E-state index contributed by atoms with van der Waals surface area (Å²) >= 11 is 2.50. The zero-order valence-corrected chi connectivity index (χ0v) is 24.4. The van der Waals surface area contributed by atoms with Crippen LogP contribution in [0, 0.1) is 5.41 Å². The van der Waals surface area contributed by atoms with Gasteiger partial charge in [0.1, 0.15) is 5.25 Å². The average molecular weight is 611 g/mol. The van der Waals surface area contributed by atoms with Gasteiger partial charge in [-0.2, -0.15) is 13.4 Å². The third-order valence-corrected chi connectivity index (χ3v) is 7.90. The van der Waals surface area contributed by atoms with Gasteiger partial charge in [0.25, 0.3) is 5.91 Å². The second kappa shape index (κ2) is 16.1. The lowest BCUT2D eigenvalue weighted by atomic mass is 10.1. The van der Waals surface area contributed by atoms with E-state index in [1.165, 1.54) is 36.2 Å². The number of nitrogens with zero attached hydrogens (tertiary/aromatic N) is 2. The summed E-state index contributed by atoms with van der Waals surface area (Å²) in [5.74, 6) is -1.01. The SMILES string of the molecule is COC(=O)CCNC(=O)C1SC(=NC(=O)c2ccc(SC=N)cc2)N(Cc2ccccc2)C1C.COS(=O)(=O)O. The molecule has 216 valence electrons. The van der Waals surface area contributed by atoms with Crippen molar-refractivity contribution in [2.24, 2.45) is 4.99 Å². The Bertz CT molecular complexity index is 1310. The molecule has 40 heavy (non-hydrogen) atoms. The molecule has 0 aliphatic carbocycles. The van der Waals surface area contributed by atoms with Crippen molar-refractivity contribution in [2.45, 2.75) is 36.1 Å². The molecule has 0 aromatic heterocycles. The number of nitrogens with one attached hydrogen (secondary N) is 2. The minimum Gasteiger partial charge on any atom is -0.469 e. The minimum atomic E-state index is -4.16. The van der Waals surface area contributed by atoms with Crippen LogP contribution in [0.5, 0.6) is 0 Å². The third kappa shape index (κ3) is 10.7. The highest BCUT2D eigenvalue weighted by Gasteiger charge is 2.41. The van der Waals surface area contributed by atoms with Crippen LogP contribution >= 0.6 is 23.5 Å². The lowest BCUT2D eigenvalue weighted by molar-refractivity contribution is -0.140. The Morgan fingerprint density at radius 3 is 2.33 bits per heavy atom. The molecular weight excluding hydrogens is 580 g/mol. The van der Waals surface area contributed by atoms with E-state index in [1.807, 2.05) is 42.2 Å². The Morgan fingerprint density at radius 1 is 1.15 bits per heavy atom. The van der Waals surface area contributed by atoms with Crippen LogP contribution in [0.15, 0.2) is 64.5 Å². The van der Waals surface area contributed by atoms with Crippen molar-refractivity contribution < 1.29 is 36.3 Å². The first-order valence-corrected chi connectivity index (χ1v) is 14.8. The van der Waals surface area contributed by atoms with Crippen LogP contribution in [-0.4, -0.2) is 78.4 Å². The fraction of sp³-hybridized carbons (Fsp3) is 0.320. The van der Waals surface area contributed by atoms with Gasteiger partial charge in [-0.25, -0.2) is 0 Å². The number of aliphatic imine (C=N–C) groups is 1. The van der Waals surface area contributed by atoms with E-state index in [-0.39, 0.29) is 24.9 Å². The van der Waals surface area contributed by atoms with Gasteiger partial charge in [-0.15, -0.1) is 0 Å². The number of thioether (sulfide) groups is 2. The molecule has 0 radical (unpaired) electrons. The summed E-state index contributed by atoms with van der Waals surface area (Å²) in [6.07, 6.45) is 0.0907. The van der Waals surface area contributed by atoms with Crippen molar-refractivity contribution in [1.82, 2.24) is 10.2 Å². The number of benzene rings is 2. The summed E-state index contributed by atoms with van der Waals surface area (Å²) in [5.41, 5.74) is 2.70. The van der Waals surface area contributed by atoms with Crippen molar-refractivity contribution in [3.8, 4) is 0 Å². The highest BCUT2D eigenvalue weighted by molar-refractivity contribution is 8.15. The molecule has 12 nitrogen and oxygen atoms in total. The Balaban J connectivity index is 0.000000840. The maximum atomic E-state index is 12.9. The van der Waals surface area contributed by atoms with E-state index in [2.05, 4.69) is 19.2 Å². The average Bonchev–Trinajstić information content (AvgIpc) is 3.24. The molecule has 0 bridgehead atoms. The quantitative estimate of drug-likeness (QED) is 0.119. The van der Waals surface area contributed by atoms with Crippen molar-refractivity contribution in [3.05, 3.63) is 65.7 Å². The van der Waals surface area contributed by atoms with Gasteiger partial charge in [0.15, 0.2) is 5.17 Å². The molecule has 2 amide bonds. The summed E-state index contributed by atoms with van der Waals surface area (Å²) in [4.78, 5) is 44.3. The molecule has 3 N–H and O–H groups in total. The molecule has 1 fully saturated rings. The van der Waals surface area contributed by atoms with E-state index in [0.717, 1.165) is 17.6 Å². The topological polar surface area (TPSA) is 176 Å². The summed E-state index contributed by atoms with van der Waals surface area (Å²) in [5, 5.41) is 9.95. The van der Waals surface area contributed by atoms with Crippen molar-refractivity contribution >= 4 is 62.4 Å². The molecular formula is C25H30N4O8S3. The van der Waals surface area contributed by atoms with Crippen molar-refractivity contribution in [1.29, 1.82) is 5.41 Å². The largest absolute Gasteiger partial charge is 0.469 e. The number of carbonyl (C=O) groups excluding carboxylic acids is 3. The Kier molecular flexibility index (Phi) is 13.3. The lowest BCUT2D eigenvalue weighted by Gasteiger charge is -2.25. The van der Waals surface area contributed by atoms with Crippen LogP contribution < -0.4 is 5.32 Å². The maximum Gasteiger partial charge on any atom is 0.397 e. The van der Waals surface area contributed by atoms with E-state index in [0.29, 0.717) is 17.3 Å². The van der Waals surface area contributed by atoms with Gasteiger partial charge in [0.05, 0.1) is 26.2 Å². The zero-order valence-electron chi connectivity index (χ0n) is 22.0. The molecule has 15 heteroatoms. The molecule has 2 atom stereocenters. The van der Waals surface area contributed by atoms with E-state index >= 15 is 0 Å². The predicted molar refractivity (Wildman–Crippen MR) is 154 cm³/mol. The van der Waals surface area contributed by atoms with Crippen LogP contribution in [0.25, 0.3) is 0 Å². The Labute approximate surface area is 241 Å². The van der Waals surface area contributed by atoms with Gasteiger partial charge < -0.3 is 20.4 Å². The standard InChI is InChI=1S/C24H26N4O4S2.CH4O4S/c1-16-21(23(31)26-13-12-20(29)32-2)34-24(28(16)14-17-6-4-3-5-7-17)27-22(30)18-8-10-19(11-9-18)33-15-25;1-5-6(2,3)4/h3-11,15-16,21,25H,12-14H2,1-2H3,(H,26,31);1H3,(H,2,3,4). The van der Waals surface area contributed by atoms with Crippen molar-refractivity contribution in [2.75, 3.05) is 20.8 Å². The molecule has 0 saturated carbocycles. The van der Waals surface area contributed by atoms with E-state index in [4.69, 9.17) is 9.96 Å². The summed E-state index contributed by atoms with van der Waals surface area (Å²) in [6, 6.07) is 16.5. The molecule has 2 aromatic carbocycles. The number of carbonyl (C=O) groups is 3. The molecule has 2 aromatic rings. The monoisotopic (exact) mass is 610 g/mol. The van der Waals surface area contributed by atoms with Crippen LogP contribution in [0.2, 0.25) is 0 Å². The lowest BCUT2D eigenvalue weighted by Crippen LogP contribution is -2.42. The number of ether oxygens (including phenoxy) is 1. The number of methoxy groups -OCH3 is 1. The molecule has 2 unspecified atom stereocenters. The van der Waals surface area contributed by atoms with Crippen molar-refractivity contribution in [3.63, 3.8) is 0 Å². The predicted octanol–water partition coefficient (Wildman–Crippen LogP) is 3.00. The molecule has 3 rings (SSSR count). The second-order valence-electron chi connectivity index (χ2n) is 8.06. The highest BCUT2D eigenvalue weighted by atomic mass is 32.3. The van der Waals surface area contributed by atoms with Crippen LogP contribution in [-0.2, 0) is 35.5 Å². The summed E-state index contributed by atoms with van der Waals surface area (Å²) < 4.78 is 34.3.